The van der Waals surface area contributed by atoms with Crippen molar-refractivity contribution in [1.29, 1.82) is 0 Å². The predicted molar refractivity (Wildman–Crippen MR) is 125 cm³/mol. The van der Waals surface area contributed by atoms with Crippen molar-refractivity contribution in [3.63, 3.8) is 0 Å². The van der Waals surface area contributed by atoms with E-state index in [1.165, 1.54) is 0 Å². The number of rotatable bonds is 5. The lowest BCUT2D eigenvalue weighted by Crippen LogP contribution is -2.47. The summed E-state index contributed by atoms with van der Waals surface area (Å²) in [5, 5.41) is 6.97. The van der Waals surface area contributed by atoms with E-state index in [0.29, 0.717) is 17.2 Å². The van der Waals surface area contributed by atoms with Crippen molar-refractivity contribution in [3.8, 4) is 11.4 Å². The normalized spacial score (nSPS) is 13.7. The lowest BCUT2D eigenvalue weighted by molar-refractivity contribution is 0.102. The standard InChI is InChI=1S/C23H23N9O/c1-30-20(7-9-28-30)19-6-5-17(14-25-19)22(33)29-18-15-26-23(27-16-18)32-12-10-31(11-13-32)21-4-2-3-8-24-21/h2-9,14-16H,10-13H2,1H3,(H,29,33). The van der Waals surface area contributed by atoms with E-state index >= 15 is 0 Å². The number of amides is 1. The van der Waals surface area contributed by atoms with Gasteiger partial charge in [-0.25, -0.2) is 15.0 Å². The number of nitrogens with one attached hydrogen (secondary N) is 1. The molecule has 1 N–H and O–H groups in total. The average Bonchev–Trinajstić information content (AvgIpc) is 3.31. The van der Waals surface area contributed by atoms with Crippen LogP contribution in [0.1, 0.15) is 10.4 Å². The van der Waals surface area contributed by atoms with Gasteiger partial charge in [0.25, 0.3) is 5.91 Å². The molecule has 0 atom stereocenters. The van der Waals surface area contributed by atoms with Gasteiger partial charge in [-0.15, -0.1) is 0 Å². The van der Waals surface area contributed by atoms with Gasteiger partial charge in [0.1, 0.15) is 5.82 Å². The predicted octanol–water partition coefficient (Wildman–Crippen LogP) is 2.25. The van der Waals surface area contributed by atoms with E-state index in [0.717, 1.165) is 43.4 Å². The molecule has 10 nitrogen and oxygen atoms in total. The molecule has 0 bridgehead atoms. The molecule has 0 aromatic carbocycles. The zero-order valence-corrected chi connectivity index (χ0v) is 18.2. The molecule has 0 radical (unpaired) electrons. The van der Waals surface area contributed by atoms with Gasteiger partial charge in [-0.2, -0.15) is 5.10 Å². The smallest absolute Gasteiger partial charge is 0.257 e. The fraction of sp³-hybridized carbons (Fsp3) is 0.217. The molecule has 1 fully saturated rings. The Bertz CT molecular complexity index is 1220. The van der Waals surface area contributed by atoms with E-state index in [1.54, 1.807) is 41.6 Å². The van der Waals surface area contributed by atoms with Gasteiger partial charge in [0, 0.05) is 51.8 Å². The topological polar surface area (TPSA) is 105 Å². The summed E-state index contributed by atoms with van der Waals surface area (Å²) in [7, 11) is 1.85. The summed E-state index contributed by atoms with van der Waals surface area (Å²) in [6.45, 7) is 3.30. The number of hydrogen-bond acceptors (Lipinski definition) is 8. The first-order valence-electron chi connectivity index (χ1n) is 10.7. The highest BCUT2D eigenvalue weighted by molar-refractivity contribution is 6.04. The Morgan fingerprint density at radius 1 is 0.848 bits per heavy atom. The Balaban J connectivity index is 1.18. The molecule has 0 spiro atoms. The molecule has 1 saturated heterocycles. The molecule has 1 aliphatic heterocycles. The molecule has 5 heterocycles. The minimum Gasteiger partial charge on any atom is -0.353 e. The first-order valence-corrected chi connectivity index (χ1v) is 10.7. The summed E-state index contributed by atoms with van der Waals surface area (Å²) in [6, 6.07) is 11.3. The fourth-order valence-electron chi connectivity index (χ4n) is 3.73. The molecule has 0 unspecified atom stereocenters. The van der Waals surface area contributed by atoms with Crippen LogP contribution in [0.3, 0.4) is 0 Å². The Labute approximate surface area is 191 Å². The quantitative estimate of drug-likeness (QED) is 0.503. The van der Waals surface area contributed by atoms with Crippen LogP contribution in [0.15, 0.2) is 67.4 Å². The second-order valence-corrected chi connectivity index (χ2v) is 7.66. The van der Waals surface area contributed by atoms with E-state index in [2.05, 4.69) is 40.2 Å². The first-order chi connectivity index (χ1) is 16.2. The van der Waals surface area contributed by atoms with E-state index in [4.69, 9.17) is 0 Å². The highest BCUT2D eigenvalue weighted by Gasteiger charge is 2.20. The highest BCUT2D eigenvalue weighted by Crippen LogP contribution is 2.18. The number of pyridine rings is 2. The highest BCUT2D eigenvalue weighted by atomic mass is 16.1. The summed E-state index contributed by atoms with van der Waals surface area (Å²) in [5.41, 5.74) is 2.62. The van der Waals surface area contributed by atoms with Crippen molar-refractivity contribution < 1.29 is 4.79 Å². The van der Waals surface area contributed by atoms with Crippen LogP contribution in [0, 0.1) is 0 Å². The zero-order valence-electron chi connectivity index (χ0n) is 18.2. The first kappa shape index (κ1) is 20.6. The third-order valence-corrected chi connectivity index (χ3v) is 5.54. The van der Waals surface area contributed by atoms with Crippen LogP contribution in [0.5, 0.6) is 0 Å². The van der Waals surface area contributed by atoms with Crippen molar-refractivity contribution in [2.75, 3.05) is 41.3 Å². The van der Waals surface area contributed by atoms with Gasteiger partial charge >= 0.3 is 0 Å². The fourth-order valence-corrected chi connectivity index (χ4v) is 3.73. The number of aromatic nitrogens is 6. The largest absolute Gasteiger partial charge is 0.353 e. The lowest BCUT2D eigenvalue weighted by atomic mass is 10.2. The molecule has 4 aromatic heterocycles. The van der Waals surface area contributed by atoms with E-state index in [-0.39, 0.29) is 5.91 Å². The molecule has 1 aliphatic rings. The summed E-state index contributed by atoms with van der Waals surface area (Å²) in [5.74, 6) is 1.37. The van der Waals surface area contributed by atoms with Crippen molar-refractivity contribution in [3.05, 3.63) is 72.9 Å². The number of nitrogens with zero attached hydrogens (tertiary/aromatic N) is 8. The van der Waals surface area contributed by atoms with Crippen molar-refractivity contribution in [2.45, 2.75) is 0 Å². The van der Waals surface area contributed by atoms with Gasteiger partial charge in [-0.3, -0.25) is 14.5 Å². The van der Waals surface area contributed by atoms with Crippen LogP contribution in [-0.2, 0) is 7.05 Å². The molecule has 4 aromatic rings. The van der Waals surface area contributed by atoms with Gasteiger partial charge in [-0.05, 0) is 30.3 Å². The molecular formula is C23H23N9O. The van der Waals surface area contributed by atoms with Gasteiger partial charge < -0.3 is 15.1 Å². The zero-order chi connectivity index (χ0) is 22.6. The maximum absolute atomic E-state index is 12.6. The maximum atomic E-state index is 12.6. The minimum absolute atomic E-state index is 0.264. The molecule has 33 heavy (non-hydrogen) atoms. The van der Waals surface area contributed by atoms with Crippen molar-refractivity contribution >= 4 is 23.4 Å². The molecular weight excluding hydrogens is 418 g/mol. The van der Waals surface area contributed by atoms with E-state index < -0.39 is 0 Å². The van der Waals surface area contributed by atoms with Crippen LogP contribution in [-0.4, -0.2) is 61.8 Å². The van der Waals surface area contributed by atoms with Crippen LogP contribution >= 0.6 is 0 Å². The SMILES string of the molecule is Cn1nccc1-c1ccc(C(=O)Nc2cnc(N3CCN(c4ccccn4)CC3)nc2)cn1. The van der Waals surface area contributed by atoms with Gasteiger partial charge in [-0.1, -0.05) is 6.07 Å². The van der Waals surface area contributed by atoms with Crippen LogP contribution in [0.4, 0.5) is 17.5 Å². The molecule has 0 saturated carbocycles. The number of aryl methyl sites for hydroxylation is 1. The Hall–Kier alpha value is -4.34. The number of hydrogen-bond donors (Lipinski definition) is 1. The second kappa shape index (κ2) is 9.03. The van der Waals surface area contributed by atoms with Crippen LogP contribution in [0.2, 0.25) is 0 Å². The van der Waals surface area contributed by atoms with E-state index in [9.17, 15) is 4.79 Å². The average molecular weight is 441 g/mol. The van der Waals surface area contributed by atoms with Gasteiger partial charge in [0.05, 0.1) is 35.0 Å². The molecule has 166 valence electrons. The molecule has 10 heteroatoms. The van der Waals surface area contributed by atoms with Crippen molar-refractivity contribution in [2.24, 2.45) is 7.05 Å². The summed E-state index contributed by atoms with van der Waals surface area (Å²) < 4.78 is 1.74. The van der Waals surface area contributed by atoms with Crippen LogP contribution < -0.4 is 15.1 Å². The Kier molecular flexibility index (Phi) is 5.62. The number of carbonyl (C=O) groups excluding carboxylic acids is 1. The Morgan fingerprint density at radius 3 is 2.27 bits per heavy atom. The third kappa shape index (κ3) is 4.49. The number of anilines is 3. The maximum Gasteiger partial charge on any atom is 0.257 e. The van der Waals surface area contributed by atoms with E-state index in [1.807, 2.05) is 37.5 Å². The molecule has 5 rings (SSSR count). The number of piperazine rings is 1. The number of carbonyl (C=O) groups is 1. The van der Waals surface area contributed by atoms with Gasteiger partial charge in [0.2, 0.25) is 5.95 Å². The lowest BCUT2D eigenvalue weighted by Gasteiger charge is -2.35. The van der Waals surface area contributed by atoms with Crippen LogP contribution in [0.25, 0.3) is 11.4 Å². The van der Waals surface area contributed by atoms with Crippen molar-refractivity contribution in [1.82, 2.24) is 29.7 Å². The molecule has 0 aliphatic carbocycles. The summed E-state index contributed by atoms with van der Waals surface area (Å²) >= 11 is 0. The summed E-state index contributed by atoms with van der Waals surface area (Å²) in [6.07, 6.45) is 8.32. The minimum atomic E-state index is -0.264. The molecule has 1 amide bonds. The van der Waals surface area contributed by atoms with Gasteiger partial charge in [0.15, 0.2) is 0 Å². The summed E-state index contributed by atoms with van der Waals surface area (Å²) in [4.78, 5) is 34.7. The second-order valence-electron chi connectivity index (χ2n) is 7.66. The Morgan fingerprint density at radius 2 is 1.64 bits per heavy atom. The third-order valence-electron chi connectivity index (χ3n) is 5.54. The monoisotopic (exact) mass is 441 g/mol.